The van der Waals surface area contributed by atoms with Crippen molar-refractivity contribution in [3.63, 3.8) is 0 Å². The first-order valence-corrected chi connectivity index (χ1v) is 8.29. The number of fused-ring (bicyclic) bond motifs is 1. The Labute approximate surface area is 135 Å². The van der Waals surface area contributed by atoms with Gasteiger partial charge in [0.15, 0.2) is 5.82 Å². The highest BCUT2D eigenvalue weighted by molar-refractivity contribution is 5.83. The number of primary amides is 1. The van der Waals surface area contributed by atoms with Crippen LogP contribution in [0, 0.1) is 11.3 Å². The lowest BCUT2D eigenvalue weighted by Crippen LogP contribution is -2.48. The van der Waals surface area contributed by atoms with Crippen LogP contribution < -0.4 is 15.4 Å². The van der Waals surface area contributed by atoms with Gasteiger partial charge in [-0.3, -0.25) is 4.79 Å². The highest BCUT2D eigenvalue weighted by atomic mass is 16.5. The minimum atomic E-state index is -0.524. The molecule has 1 aromatic heterocycles. The Morgan fingerprint density at radius 2 is 2.22 bits per heavy atom. The van der Waals surface area contributed by atoms with Gasteiger partial charge < -0.3 is 20.1 Å². The van der Waals surface area contributed by atoms with E-state index in [9.17, 15) is 4.79 Å². The van der Waals surface area contributed by atoms with E-state index in [-0.39, 0.29) is 17.9 Å². The monoisotopic (exact) mass is 318 g/mol. The fraction of sp³-hybridized carbons (Fsp3) is 0.688. The van der Waals surface area contributed by atoms with Gasteiger partial charge in [-0.2, -0.15) is 0 Å². The number of carbonyl (C=O) groups is 1. The number of nitrogens with two attached hydrogens (primary N) is 1. The molecule has 1 amide bonds. The highest BCUT2D eigenvalue weighted by Gasteiger charge is 2.53. The van der Waals surface area contributed by atoms with Crippen molar-refractivity contribution in [3.8, 4) is 5.88 Å². The Kier molecular flexibility index (Phi) is 3.60. The lowest BCUT2D eigenvalue weighted by Gasteiger charge is -2.35. The van der Waals surface area contributed by atoms with E-state index in [4.69, 9.17) is 15.2 Å². The molecule has 3 heterocycles. The second-order valence-corrected chi connectivity index (χ2v) is 6.78. The molecule has 2 atom stereocenters. The Hall–Kier alpha value is -1.89. The molecule has 1 aliphatic carbocycles. The van der Waals surface area contributed by atoms with E-state index < -0.39 is 5.41 Å². The van der Waals surface area contributed by atoms with E-state index in [0.717, 1.165) is 18.7 Å². The summed E-state index contributed by atoms with van der Waals surface area (Å²) < 4.78 is 11.5. The molecule has 2 saturated heterocycles. The Bertz CT molecular complexity index is 607. The maximum Gasteiger partial charge on any atom is 0.257 e. The van der Waals surface area contributed by atoms with Crippen molar-refractivity contribution in [1.29, 1.82) is 0 Å². The summed E-state index contributed by atoms with van der Waals surface area (Å²) >= 11 is 0. The van der Waals surface area contributed by atoms with E-state index in [0.29, 0.717) is 38.6 Å². The second kappa shape index (κ2) is 5.63. The smallest absolute Gasteiger partial charge is 0.257 e. The maximum atomic E-state index is 12.1. The molecule has 2 N–H and O–H groups in total. The van der Waals surface area contributed by atoms with Crippen molar-refractivity contribution >= 4 is 11.7 Å². The SMILES string of the molecule is NC(=O)[C@]12CCOC[C@H]1CN(c1nccnc1OC1CCC1)C2. The minimum Gasteiger partial charge on any atom is -0.472 e. The van der Waals surface area contributed by atoms with E-state index >= 15 is 0 Å². The first-order valence-electron chi connectivity index (χ1n) is 8.29. The molecule has 3 fully saturated rings. The van der Waals surface area contributed by atoms with E-state index in [1.807, 2.05) is 0 Å². The zero-order valence-electron chi connectivity index (χ0n) is 13.1. The molecule has 2 aliphatic heterocycles. The van der Waals surface area contributed by atoms with Crippen molar-refractivity contribution in [3.05, 3.63) is 12.4 Å². The lowest BCUT2D eigenvalue weighted by molar-refractivity contribution is -0.135. The van der Waals surface area contributed by atoms with Gasteiger partial charge in [0.25, 0.3) is 5.88 Å². The standard InChI is InChI=1S/C16H22N4O3/c17-15(21)16-4-7-22-9-11(16)8-20(10-16)13-14(19-6-5-18-13)23-12-2-1-3-12/h5-6,11-12H,1-4,7-10H2,(H2,17,21)/t11-,16+/m1/s1. The topological polar surface area (TPSA) is 90.6 Å². The number of ether oxygens (including phenoxy) is 2. The summed E-state index contributed by atoms with van der Waals surface area (Å²) in [7, 11) is 0. The number of carbonyl (C=O) groups excluding carboxylic acids is 1. The normalized spacial score (nSPS) is 30.6. The molecular weight excluding hydrogens is 296 g/mol. The van der Waals surface area contributed by atoms with Crippen LogP contribution in [0.15, 0.2) is 12.4 Å². The van der Waals surface area contributed by atoms with Crippen LogP contribution in [0.5, 0.6) is 5.88 Å². The first kappa shape index (κ1) is 14.7. The number of aromatic nitrogens is 2. The van der Waals surface area contributed by atoms with Crippen molar-refractivity contribution in [2.45, 2.75) is 31.8 Å². The number of hydrogen-bond donors (Lipinski definition) is 1. The molecule has 3 aliphatic rings. The average Bonchev–Trinajstić information content (AvgIpc) is 2.92. The van der Waals surface area contributed by atoms with Crippen LogP contribution in [0.1, 0.15) is 25.7 Å². The van der Waals surface area contributed by atoms with Crippen LogP contribution >= 0.6 is 0 Å². The molecule has 1 saturated carbocycles. The van der Waals surface area contributed by atoms with Crippen molar-refractivity contribution in [2.75, 3.05) is 31.2 Å². The molecule has 124 valence electrons. The van der Waals surface area contributed by atoms with E-state index in [2.05, 4.69) is 14.9 Å². The molecule has 1 aromatic rings. The number of amides is 1. The summed E-state index contributed by atoms with van der Waals surface area (Å²) in [5.74, 6) is 1.15. The predicted molar refractivity (Wildman–Crippen MR) is 83.1 cm³/mol. The summed E-state index contributed by atoms with van der Waals surface area (Å²) in [5.41, 5.74) is 5.22. The fourth-order valence-electron chi connectivity index (χ4n) is 3.78. The average molecular weight is 318 g/mol. The van der Waals surface area contributed by atoms with E-state index in [1.54, 1.807) is 12.4 Å². The summed E-state index contributed by atoms with van der Waals surface area (Å²) in [6.45, 7) is 2.41. The van der Waals surface area contributed by atoms with Gasteiger partial charge in [0.1, 0.15) is 6.10 Å². The highest BCUT2D eigenvalue weighted by Crippen LogP contribution is 2.44. The summed E-state index contributed by atoms with van der Waals surface area (Å²) in [4.78, 5) is 23.0. The van der Waals surface area contributed by atoms with Gasteiger partial charge in [0.2, 0.25) is 5.91 Å². The largest absolute Gasteiger partial charge is 0.472 e. The van der Waals surface area contributed by atoms with Gasteiger partial charge in [-0.15, -0.1) is 0 Å². The molecule has 7 heteroatoms. The second-order valence-electron chi connectivity index (χ2n) is 6.78. The van der Waals surface area contributed by atoms with Crippen molar-refractivity contribution < 1.29 is 14.3 Å². The number of rotatable bonds is 4. The van der Waals surface area contributed by atoms with Gasteiger partial charge in [-0.1, -0.05) is 0 Å². The van der Waals surface area contributed by atoms with Gasteiger partial charge in [-0.05, 0) is 25.7 Å². The summed E-state index contributed by atoms with van der Waals surface area (Å²) in [5, 5.41) is 0. The number of hydrogen-bond acceptors (Lipinski definition) is 6. The van der Waals surface area contributed by atoms with Crippen molar-refractivity contribution in [2.24, 2.45) is 17.1 Å². The van der Waals surface area contributed by atoms with Crippen LogP contribution in [0.3, 0.4) is 0 Å². The quantitative estimate of drug-likeness (QED) is 0.880. The third kappa shape index (κ3) is 2.43. The van der Waals surface area contributed by atoms with Crippen molar-refractivity contribution in [1.82, 2.24) is 9.97 Å². The molecule has 0 aromatic carbocycles. The maximum absolute atomic E-state index is 12.1. The Morgan fingerprint density at radius 3 is 2.91 bits per heavy atom. The van der Waals surface area contributed by atoms with Crippen LogP contribution in [0.2, 0.25) is 0 Å². The third-order valence-corrected chi connectivity index (χ3v) is 5.47. The van der Waals surface area contributed by atoms with Crippen LogP contribution in [0.25, 0.3) is 0 Å². The van der Waals surface area contributed by atoms with Gasteiger partial charge in [-0.25, -0.2) is 9.97 Å². The molecule has 0 spiro atoms. The zero-order chi connectivity index (χ0) is 15.9. The molecule has 4 rings (SSSR count). The zero-order valence-corrected chi connectivity index (χ0v) is 13.1. The lowest BCUT2D eigenvalue weighted by atomic mass is 9.74. The Morgan fingerprint density at radius 1 is 1.39 bits per heavy atom. The molecule has 0 radical (unpaired) electrons. The Balaban J connectivity index is 1.60. The van der Waals surface area contributed by atoms with Crippen LogP contribution in [0.4, 0.5) is 5.82 Å². The first-order chi connectivity index (χ1) is 11.2. The van der Waals surface area contributed by atoms with Gasteiger partial charge in [0, 0.05) is 38.0 Å². The molecule has 0 unspecified atom stereocenters. The number of anilines is 1. The van der Waals surface area contributed by atoms with Crippen LogP contribution in [-0.2, 0) is 9.53 Å². The fourth-order valence-corrected chi connectivity index (χ4v) is 3.78. The predicted octanol–water partition coefficient (Wildman–Crippen LogP) is 0.736. The third-order valence-electron chi connectivity index (χ3n) is 5.47. The summed E-state index contributed by atoms with van der Waals surface area (Å²) in [6, 6.07) is 0. The number of nitrogens with zero attached hydrogens (tertiary/aromatic N) is 3. The molecular formula is C16H22N4O3. The van der Waals surface area contributed by atoms with Crippen LogP contribution in [-0.4, -0.2) is 48.3 Å². The summed E-state index contributed by atoms with van der Waals surface area (Å²) in [6.07, 6.45) is 7.56. The molecule has 23 heavy (non-hydrogen) atoms. The van der Waals surface area contributed by atoms with Gasteiger partial charge >= 0.3 is 0 Å². The minimum absolute atomic E-state index is 0.104. The van der Waals surface area contributed by atoms with Gasteiger partial charge in [0.05, 0.1) is 12.0 Å². The molecule has 0 bridgehead atoms. The molecule has 7 nitrogen and oxygen atoms in total. The van der Waals surface area contributed by atoms with E-state index in [1.165, 1.54) is 6.42 Å².